The van der Waals surface area contributed by atoms with Gasteiger partial charge in [-0.25, -0.2) is 0 Å². The number of aromatic nitrogens is 2. The highest BCUT2D eigenvalue weighted by Crippen LogP contribution is 2.44. The van der Waals surface area contributed by atoms with Gasteiger partial charge in [0.1, 0.15) is 0 Å². The van der Waals surface area contributed by atoms with Crippen molar-refractivity contribution in [2.24, 2.45) is 0 Å². The first kappa shape index (κ1) is 24.5. The van der Waals surface area contributed by atoms with Crippen LogP contribution in [-0.4, -0.2) is 14.7 Å². The lowest BCUT2D eigenvalue weighted by atomic mass is 9.96. The van der Waals surface area contributed by atoms with Crippen molar-refractivity contribution in [2.75, 3.05) is 4.90 Å². The van der Waals surface area contributed by atoms with Crippen LogP contribution in [0.1, 0.15) is 65.6 Å². The van der Waals surface area contributed by atoms with Crippen LogP contribution in [0.4, 0.5) is 5.69 Å². The van der Waals surface area contributed by atoms with E-state index in [1.165, 1.54) is 22.4 Å². The lowest BCUT2D eigenvalue weighted by molar-refractivity contribution is 0.565. The molecule has 3 heterocycles. The third-order valence-electron chi connectivity index (χ3n) is 7.14. The first-order valence-electron chi connectivity index (χ1n) is 12.3. The van der Waals surface area contributed by atoms with Gasteiger partial charge in [0.15, 0.2) is 5.11 Å². The Balaban J connectivity index is 1.67. The summed E-state index contributed by atoms with van der Waals surface area (Å²) >= 11 is 12.3. The number of hydrogen-bond acceptors (Lipinski definition) is 2. The summed E-state index contributed by atoms with van der Waals surface area (Å²) in [6.07, 6.45) is 1.84. The van der Waals surface area contributed by atoms with E-state index in [0.717, 1.165) is 27.8 Å². The van der Waals surface area contributed by atoms with Gasteiger partial charge in [-0.05, 0) is 98.1 Å². The molecule has 0 spiro atoms. The van der Waals surface area contributed by atoms with E-state index in [4.69, 9.17) is 28.8 Å². The fourth-order valence-electron chi connectivity index (χ4n) is 5.25. The van der Waals surface area contributed by atoms with E-state index in [1.807, 2.05) is 30.5 Å². The van der Waals surface area contributed by atoms with E-state index in [2.05, 4.69) is 91.9 Å². The molecule has 1 fully saturated rings. The molecule has 4 aromatic rings. The highest BCUT2D eigenvalue weighted by atomic mass is 35.5. The summed E-state index contributed by atoms with van der Waals surface area (Å²) in [6, 6.07) is 23.0. The number of nitrogens with one attached hydrogen (secondary N) is 1. The van der Waals surface area contributed by atoms with Gasteiger partial charge >= 0.3 is 0 Å². The molecule has 2 aromatic carbocycles. The Kier molecular flexibility index (Phi) is 6.62. The molecule has 0 amide bonds. The molecule has 0 saturated carbocycles. The summed E-state index contributed by atoms with van der Waals surface area (Å²) in [5.41, 5.74) is 9.15. The second-order valence-electron chi connectivity index (χ2n) is 9.84. The normalized spacial score (nSPS) is 17.6. The minimum Gasteiger partial charge on any atom is -0.351 e. The van der Waals surface area contributed by atoms with Crippen LogP contribution < -0.4 is 10.2 Å². The second kappa shape index (κ2) is 9.72. The number of benzene rings is 2. The zero-order valence-electron chi connectivity index (χ0n) is 21.3. The maximum atomic E-state index is 6.41. The number of nitrogens with zero attached hydrogens (tertiary/aromatic N) is 3. The van der Waals surface area contributed by atoms with Crippen LogP contribution in [-0.2, 0) is 0 Å². The van der Waals surface area contributed by atoms with Crippen LogP contribution in [0.2, 0.25) is 5.02 Å². The predicted octanol–water partition coefficient (Wildman–Crippen LogP) is 7.75. The zero-order chi connectivity index (χ0) is 25.6. The molecule has 5 rings (SSSR count). The lowest BCUT2D eigenvalue weighted by Crippen LogP contribution is -2.29. The average Bonchev–Trinajstić information content (AvgIpc) is 3.36. The number of thiocarbonyl (C=S) groups is 1. The molecule has 2 aromatic heterocycles. The van der Waals surface area contributed by atoms with Crippen molar-refractivity contribution in [1.82, 2.24) is 14.9 Å². The maximum Gasteiger partial charge on any atom is 0.174 e. The summed E-state index contributed by atoms with van der Waals surface area (Å²) < 4.78 is 2.30. The molecule has 1 N–H and O–H groups in total. The van der Waals surface area contributed by atoms with Gasteiger partial charge in [0.05, 0.1) is 17.8 Å². The van der Waals surface area contributed by atoms with Gasteiger partial charge in [-0.1, -0.05) is 49.7 Å². The Morgan fingerprint density at radius 1 is 0.972 bits per heavy atom. The second-order valence-corrected chi connectivity index (χ2v) is 10.7. The summed E-state index contributed by atoms with van der Waals surface area (Å²) in [7, 11) is 0. The molecule has 0 bridgehead atoms. The molecule has 184 valence electrons. The Hall–Kier alpha value is -3.15. The fourth-order valence-corrected chi connectivity index (χ4v) is 5.76. The monoisotopic (exact) mass is 514 g/mol. The van der Waals surface area contributed by atoms with Crippen LogP contribution in [0.3, 0.4) is 0 Å². The van der Waals surface area contributed by atoms with Gasteiger partial charge in [-0.2, -0.15) is 0 Å². The fraction of sp³-hybridized carbons (Fsp3) is 0.267. The van der Waals surface area contributed by atoms with Crippen molar-refractivity contribution in [3.8, 4) is 5.69 Å². The van der Waals surface area contributed by atoms with Crippen LogP contribution in [0, 0.1) is 20.8 Å². The van der Waals surface area contributed by atoms with E-state index in [-0.39, 0.29) is 12.1 Å². The Bertz CT molecular complexity index is 1410. The Morgan fingerprint density at radius 2 is 1.72 bits per heavy atom. The standard InChI is InChI=1S/C30H31ClN4S/c1-18(2)22-10-13-24(14-11-22)35-29(28(33-30(35)36)26-8-6-7-15-32-26)25-16-20(4)34(21(25)5)27-17-23(31)12-9-19(27)3/h6-18,28-29H,1-5H3,(H,33,36)/t28-,29+/m0/s1. The zero-order valence-corrected chi connectivity index (χ0v) is 22.9. The molecule has 36 heavy (non-hydrogen) atoms. The van der Waals surface area contributed by atoms with E-state index < -0.39 is 0 Å². The molecule has 0 aliphatic carbocycles. The molecule has 0 radical (unpaired) electrons. The minimum absolute atomic E-state index is 0.0586. The number of halogens is 1. The minimum atomic E-state index is -0.0853. The quantitative estimate of drug-likeness (QED) is 0.276. The van der Waals surface area contributed by atoms with E-state index >= 15 is 0 Å². The van der Waals surface area contributed by atoms with Crippen molar-refractivity contribution in [3.05, 3.63) is 112 Å². The molecule has 2 atom stereocenters. The maximum absolute atomic E-state index is 6.41. The van der Waals surface area contributed by atoms with Gasteiger partial charge in [0.25, 0.3) is 0 Å². The number of anilines is 1. The van der Waals surface area contributed by atoms with Gasteiger partial charge in [-0.15, -0.1) is 0 Å². The van der Waals surface area contributed by atoms with Crippen LogP contribution in [0.15, 0.2) is 72.9 Å². The van der Waals surface area contributed by atoms with Crippen LogP contribution in [0.5, 0.6) is 0 Å². The van der Waals surface area contributed by atoms with E-state index in [9.17, 15) is 0 Å². The van der Waals surface area contributed by atoms with E-state index in [1.54, 1.807) is 0 Å². The number of rotatable bonds is 5. The van der Waals surface area contributed by atoms with Crippen LogP contribution in [0.25, 0.3) is 5.69 Å². The third-order valence-corrected chi connectivity index (χ3v) is 7.69. The van der Waals surface area contributed by atoms with Crippen molar-refractivity contribution in [2.45, 2.75) is 52.6 Å². The number of aryl methyl sites for hydroxylation is 2. The molecule has 1 aliphatic heterocycles. The Morgan fingerprint density at radius 3 is 2.39 bits per heavy atom. The van der Waals surface area contributed by atoms with Crippen molar-refractivity contribution >= 4 is 34.6 Å². The summed E-state index contributed by atoms with van der Waals surface area (Å²) in [5.74, 6) is 0.472. The average molecular weight is 515 g/mol. The van der Waals surface area contributed by atoms with Gasteiger partial charge < -0.3 is 14.8 Å². The SMILES string of the molecule is Cc1ccc(Cl)cc1-n1c(C)cc([C@@H]2[C@H](c3ccccn3)NC(=S)N2c2ccc(C(C)C)cc2)c1C. The first-order chi connectivity index (χ1) is 17.3. The molecule has 0 unspecified atom stereocenters. The predicted molar refractivity (Wildman–Crippen MR) is 153 cm³/mol. The highest BCUT2D eigenvalue weighted by Gasteiger charge is 2.42. The highest BCUT2D eigenvalue weighted by molar-refractivity contribution is 7.80. The smallest absolute Gasteiger partial charge is 0.174 e. The largest absolute Gasteiger partial charge is 0.351 e. The van der Waals surface area contributed by atoms with E-state index in [0.29, 0.717) is 11.0 Å². The summed E-state index contributed by atoms with van der Waals surface area (Å²) in [6.45, 7) is 10.9. The molecular weight excluding hydrogens is 484 g/mol. The van der Waals surface area contributed by atoms with Crippen LogP contribution >= 0.6 is 23.8 Å². The first-order valence-corrected chi connectivity index (χ1v) is 13.1. The molecule has 1 saturated heterocycles. The third kappa shape index (κ3) is 4.31. The molecule has 6 heteroatoms. The lowest BCUT2D eigenvalue weighted by Gasteiger charge is -2.28. The van der Waals surface area contributed by atoms with Gasteiger partial charge in [-0.3, -0.25) is 4.98 Å². The van der Waals surface area contributed by atoms with Gasteiger partial charge in [0, 0.05) is 34.0 Å². The summed E-state index contributed by atoms with van der Waals surface area (Å²) in [4.78, 5) is 6.95. The molecular formula is C30H31ClN4S. The molecule has 1 aliphatic rings. The Labute approximate surface area is 223 Å². The summed E-state index contributed by atoms with van der Waals surface area (Å²) in [5, 5.41) is 5.02. The van der Waals surface area contributed by atoms with Crippen molar-refractivity contribution in [3.63, 3.8) is 0 Å². The van der Waals surface area contributed by atoms with Crippen molar-refractivity contribution in [1.29, 1.82) is 0 Å². The molecule has 4 nitrogen and oxygen atoms in total. The number of pyridine rings is 1. The van der Waals surface area contributed by atoms with Gasteiger partial charge in [0.2, 0.25) is 0 Å². The topological polar surface area (TPSA) is 33.1 Å². The number of hydrogen-bond donors (Lipinski definition) is 1. The van der Waals surface area contributed by atoms with Crippen molar-refractivity contribution < 1.29 is 0 Å².